The zero-order valence-electron chi connectivity index (χ0n) is 15.3. The van der Waals surface area contributed by atoms with Gasteiger partial charge in [0.2, 0.25) is 11.2 Å². The predicted octanol–water partition coefficient (Wildman–Crippen LogP) is 4.38. The molecule has 0 saturated heterocycles. The van der Waals surface area contributed by atoms with Crippen LogP contribution < -0.4 is 14.9 Å². The second-order valence-corrected chi connectivity index (χ2v) is 6.98. The van der Waals surface area contributed by atoms with Gasteiger partial charge in [-0.15, -0.1) is 0 Å². The van der Waals surface area contributed by atoms with E-state index in [2.05, 4.69) is 0 Å². The molecule has 1 aromatic heterocycles. The minimum Gasteiger partial charge on any atom is -0.492 e. The number of hydrogen-bond acceptors (Lipinski definition) is 5. The minimum atomic E-state index is -1.03. The minimum absolute atomic E-state index is 0.00725. The van der Waals surface area contributed by atoms with Crippen LogP contribution in [0.3, 0.4) is 0 Å². The topological polar surface area (TPSA) is 86.0 Å². The molecule has 0 unspecified atom stereocenters. The first-order valence-corrected chi connectivity index (χ1v) is 8.42. The molecular formula is C21H20O6. The van der Waals surface area contributed by atoms with Crippen LogP contribution in [-0.4, -0.2) is 17.7 Å². The summed E-state index contributed by atoms with van der Waals surface area (Å²) in [6.07, 6.45) is 1.26. The fourth-order valence-corrected chi connectivity index (χ4v) is 2.31. The number of ether oxygens (including phenoxy) is 2. The van der Waals surface area contributed by atoms with Crippen molar-refractivity contribution in [1.29, 1.82) is 0 Å². The van der Waals surface area contributed by atoms with Crippen LogP contribution in [-0.2, 0) is 4.79 Å². The average molecular weight is 368 g/mol. The largest absolute Gasteiger partial charge is 0.492 e. The number of carbonyl (C=O) groups is 1. The lowest BCUT2D eigenvalue weighted by molar-refractivity contribution is -0.148. The number of benzene rings is 2. The monoisotopic (exact) mass is 368 g/mol. The summed E-state index contributed by atoms with van der Waals surface area (Å²) in [5.41, 5.74) is 0.101. The van der Waals surface area contributed by atoms with E-state index >= 15 is 0 Å². The van der Waals surface area contributed by atoms with Crippen molar-refractivity contribution in [2.45, 2.75) is 20.8 Å². The quantitative estimate of drug-likeness (QED) is 0.695. The Kier molecular flexibility index (Phi) is 4.90. The van der Waals surface area contributed by atoms with Gasteiger partial charge >= 0.3 is 5.97 Å². The highest BCUT2D eigenvalue weighted by molar-refractivity contribution is 5.79. The Morgan fingerprint density at radius 3 is 2.44 bits per heavy atom. The molecule has 2 aromatic carbocycles. The van der Waals surface area contributed by atoms with Crippen LogP contribution in [0.1, 0.15) is 19.4 Å². The van der Waals surface area contributed by atoms with Crippen LogP contribution in [0, 0.1) is 12.3 Å². The van der Waals surface area contributed by atoms with E-state index in [1.807, 2.05) is 19.1 Å². The Morgan fingerprint density at radius 2 is 1.78 bits per heavy atom. The van der Waals surface area contributed by atoms with Gasteiger partial charge in [-0.2, -0.15) is 0 Å². The van der Waals surface area contributed by atoms with Gasteiger partial charge in [0.25, 0.3) is 0 Å². The van der Waals surface area contributed by atoms with Crippen LogP contribution >= 0.6 is 0 Å². The van der Waals surface area contributed by atoms with Crippen LogP contribution in [0.5, 0.6) is 17.2 Å². The summed E-state index contributed by atoms with van der Waals surface area (Å²) in [6, 6.07) is 12.1. The smallest absolute Gasteiger partial charge is 0.312 e. The molecule has 6 heteroatoms. The van der Waals surface area contributed by atoms with Gasteiger partial charge in [0.1, 0.15) is 30.0 Å². The summed E-state index contributed by atoms with van der Waals surface area (Å²) in [4.78, 5) is 23.8. The van der Waals surface area contributed by atoms with Crippen molar-refractivity contribution in [1.82, 2.24) is 0 Å². The maximum absolute atomic E-state index is 12.6. The zero-order valence-corrected chi connectivity index (χ0v) is 15.3. The maximum atomic E-state index is 12.6. The summed E-state index contributed by atoms with van der Waals surface area (Å²) in [5.74, 6) is 0.107. The molecule has 0 aliphatic carbocycles. The molecule has 0 atom stereocenters. The molecule has 27 heavy (non-hydrogen) atoms. The number of aryl methyl sites for hydroxylation is 1. The average Bonchev–Trinajstić information content (AvgIpc) is 2.64. The molecular weight excluding hydrogens is 348 g/mol. The number of carboxylic acid groups (broad SMARTS) is 1. The van der Waals surface area contributed by atoms with Crippen LogP contribution in [0.4, 0.5) is 0 Å². The van der Waals surface area contributed by atoms with Crippen molar-refractivity contribution in [3.63, 3.8) is 0 Å². The molecule has 3 aromatic rings. The number of rotatable bonds is 6. The number of carboxylic acids is 1. The van der Waals surface area contributed by atoms with Gasteiger partial charge in [-0.1, -0.05) is 17.7 Å². The molecule has 0 spiro atoms. The normalized spacial score (nSPS) is 11.4. The molecule has 0 radical (unpaired) electrons. The van der Waals surface area contributed by atoms with E-state index < -0.39 is 11.4 Å². The summed E-state index contributed by atoms with van der Waals surface area (Å²) in [6.45, 7) is 5.11. The van der Waals surface area contributed by atoms with Gasteiger partial charge in [-0.25, -0.2) is 0 Å². The highest BCUT2D eigenvalue weighted by Crippen LogP contribution is 2.25. The van der Waals surface area contributed by atoms with E-state index in [1.165, 1.54) is 6.26 Å². The third-order valence-corrected chi connectivity index (χ3v) is 4.14. The standard InChI is InChI=1S/C21H20O6/c1-13-4-6-14(7-5-13)27-18-11-25-17-10-15(8-9-16(17)19(18)22)26-12-21(2,3)20(23)24/h4-11H,12H2,1-3H3,(H,23,24). The fourth-order valence-electron chi connectivity index (χ4n) is 2.31. The zero-order chi connectivity index (χ0) is 19.6. The summed E-state index contributed by atoms with van der Waals surface area (Å²) in [5, 5.41) is 9.49. The Labute approximate surface area is 156 Å². The van der Waals surface area contributed by atoms with Gasteiger partial charge in [0.05, 0.1) is 10.8 Å². The number of fused-ring (bicyclic) bond motifs is 1. The van der Waals surface area contributed by atoms with Gasteiger partial charge in [0, 0.05) is 6.07 Å². The van der Waals surface area contributed by atoms with Crippen molar-refractivity contribution >= 4 is 16.9 Å². The van der Waals surface area contributed by atoms with Crippen molar-refractivity contribution in [3.05, 3.63) is 64.5 Å². The molecule has 140 valence electrons. The van der Waals surface area contributed by atoms with Gasteiger partial charge < -0.3 is 19.0 Å². The first kappa shape index (κ1) is 18.5. The molecule has 1 heterocycles. The summed E-state index contributed by atoms with van der Waals surface area (Å²) in [7, 11) is 0. The second-order valence-electron chi connectivity index (χ2n) is 6.98. The van der Waals surface area contributed by atoms with E-state index in [4.69, 9.17) is 19.0 Å². The lowest BCUT2D eigenvalue weighted by Crippen LogP contribution is -2.30. The highest BCUT2D eigenvalue weighted by atomic mass is 16.5. The predicted molar refractivity (Wildman–Crippen MR) is 101 cm³/mol. The Bertz CT molecular complexity index is 1030. The highest BCUT2D eigenvalue weighted by Gasteiger charge is 2.28. The van der Waals surface area contributed by atoms with E-state index in [9.17, 15) is 9.59 Å². The van der Waals surface area contributed by atoms with Crippen LogP contribution in [0.25, 0.3) is 11.0 Å². The van der Waals surface area contributed by atoms with Crippen molar-refractivity contribution in [3.8, 4) is 17.2 Å². The lowest BCUT2D eigenvalue weighted by Gasteiger charge is -2.19. The molecule has 6 nitrogen and oxygen atoms in total. The molecule has 0 aliphatic rings. The third-order valence-electron chi connectivity index (χ3n) is 4.14. The Morgan fingerprint density at radius 1 is 1.11 bits per heavy atom. The molecule has 0 saturated carbocycles. The van der Waals surface area contributed by atoms with E-state index in [0.717, 1.165) is 5.56 Å². The molecule has 3 rings (SSSR count). The van der Waals surface area contributed by atoms with E-state index in [1.54, 1.807) is 44.2 Å². The second kappa shape index (κ2) is 7.15. The van der Waals surface area contributed by atoms with Crippen molar-refractivity contribution < 1.29 is 23.8 Å². The lowest BCUT2D eigenvalue weighted by atomic mass is 9.95. The van der Waals surface area contributed by atoms with Gasteiger partial charge in [0.15, 0.2) is 0 Å². The van der Waals surface area contributed by atoms with Gasteiger partial charge in [-0.05, 0) is 45.0 Å². The molecule has 0 aliphatic heterocycles. The summed E-state index contributed by atoms with van der Waals surface area (Å²) < 4.78 is 16.7. The van der Waals surface area contributed by atoms with Crippen LogP contribution in [0.15, 0.2) is 57.9 Å². The Hall–Kier alpha value is -3.28. The molecule has 1 N–H and O–H groups in total. The number of aliphatic carboxylic acids is 1. The first-order chi connectivity index (χ1) is 12.8. The molecule has 0 fully saturated rings. The molecule has 0 bridgehead atoms. The van der Waals surface area contributed by atoms with Gasteiger partial charge in [-0.3, -0.25) is 9.59 Å². The van der Waals surface area contributed by atoms with Crippen molar-refractivity contribution in [2.75, 3.05) is 6.61 Å². The SMILES string of the molecule is Cc1ccc(Oc2coc3cc(OCC(C)(C)C(=O)O)ccc3c2=O)cc1. The molecule has 0 amide bonds. The fraction of sp³-hybridized carbons (Fsp3) is 0.238. The third kappa shape index (κ3) is 4.11. The summed E-state index contributed by atoms with van der Waals surface area (Å²) >= 11 is 0. The maximum Gasteiger partial charge on any atom is 0.312 e. The number of hydrogen-bond donors (Lipinski definition) is 1. The van der Waals surface area contributed by atoms with E-state index in [0.29, 0.717) is 22.5 Å². The Balaban J connectivity index is 1.84. The van der Waals surface area contributed by atoms with Crippen molar-refractivity contribution in [2.24, 2.45) is 5.41 Å². The van der Waals surface area contributed by atoms with Crippen LogP contribution in [0.2, 0.25) is 0 Å². The first-order valence-electron chi connectivity index (χ1n) is 8.42. The van der Waals surface area contributed by atoms with E-state index in [-0.39, 0.29) is 17.8 Å².